The van der Waals surface area contributed by atoms with Crippen molar-refractivity contribution in [1.82, 2.24) is 10.2 Å². The maximum atomic E-state index is 11.9. The molecule has 2 aromatic rings. The van der Waals surface area contributed by atoms with E-state index in [9.17, 15) is 4.79 Å². The molecule has 126 valence electrons. The fourth-order valence-electron chi connectivity index (χ4n) is 3.44. The van der Waals surface area contributed by atoms with Crippen molar-refractivity contribution in [3.05, 3.63) is 71.8 Å². The van der Waals surface area contributed by atoms with Crippen molar-refractivity contribution in [2.24, 2.45) is 5.73 Å². The molecule has 0 aromatic heterocycles. The number of amides is 1. The van der Waals surface area contributed by atoms with Crippen molar-refractivity contribution in [2.45, 2.75) is 31.5 Å². The van der Waals surface area contributed by atoms with Crippen LogP contribution in [0.2, 0.25) is 0 Å². The summed E-state index contributed by atoms with van der Waals surface area (Å²) in [6.45, 7) is 4.18. The van der Waals surface area contributed by atoms with Crippen molar-refractivity contribution in [3.63, 3.8) is 0 Å². The summed E-state index contributed by atoms with van der Waals surface area (Å²) < 4.78 is 0. The number of carbonyl (C=O) groups is 1. The Balaban J connectivity index is 1.64. The Hall–Kier alpha value is -2.17. The minimum absolute atomic E-state index is 0.272. The third-order valence-corrected chi connectivity index (χ3v) is 4.87. The third kappa shape index (κ3) is 3.83. The van der Waals surface area contributed by atoms with Crippen LogP contribution in [0, 0.1) is 0 Å². The Bertz CT molecular complexity index is 659. The van der Waals surface area contributed by atoms with Crippen LogP contribution in [0.15, 0.2) is 60.7 Å². The molecule has 4 heteroatoms. The normalized spacial score (nSPS) is 20.6. The van der Waals surface area contributed by atoms with Gasteiger partial charge in [0, 0.05) is 25.2 Å². The van der Waals surface area contributed by atoms with E-state index in [1.165, 1.54) is 5.56 Å². The summed E-state index contributed by atoms with van der Waals surface area (Å²) in [6, 6.07) is 20.5. The second-order valence-corrected chi connectivity index (χ2v) is 6.48. The molecule has 0 unspecified atom stereocenters. The lowest BCUT2D eigenvalue weighted by Crippen LogP contribution is -2.41. The second kappa shape index (κ2) is 7.60. The Labute approximate surface area is 143 Å². The maximum Gasteiger partial charge on any atom is 0.239 e. The largest absolute Gasteiger partial charge is 0.368 e. The second-order valence-electron chi connectivity index (χ2n) is 6.48. The molecule has 0 saturated carbocycles. The Kier molecular flexibility index (Phi) is 5.28. The van der Waals surface area contributed by atoms with Crippen LogP contribution in [0.3, 0.4) is 0 Å². The zero-order chi connectivity index (χ0) is 16.9. The van der Waals surface area contributed by atoms with Crippen LogP contribution in [-0.2, 0) is 4.79 Å². The smallest absolute Gasteiger partial charge is 0.239 e. The van der Waals surface area contributed by atoms with Gasteiger partial charge in [-0.05, 0) is 24.5 Å². The lowest BCUT2D eigenvalue weighted by molar-refractivity contribution is -0.120. The summed E-state index contributed by atoms with van der Waals surface area (Å²) in [5.41, 5.74) is 7.87. The van der Waals surface area contributed by atoms with Crippen LogP contribution < -0.4 is 11.1 Å². The number of carbonyl (C=O) groups excluding carboxylic acids is 1. The van der Waals surface area contributed by atoms with Gasteiger partial charge in [-0.25, -0.2) is 0 Å². The van der Waals surface area contributed by atoms with Crippen molar-refractivity contribution in [2.75, 3.05) is 13.1 Å². The van der Waals surface area contributed by atoms with E-state index < -0.39 is 6.04 Å². The van der Waals surface area contributed by atoms with Gasteiger partial charge >= 0.3 is 0 Å². The monoisotopic (exact) mass is 323 g/mol. The summed E-state index contributed by atoms with van der Waals surface area (Å²) in [5, 5.41) is 3.45. The predicted octanol–water partition coefficient (Wildman–Crippen LogP) is 2.64. The molecule has 3 atom stereocenters. The van der Waals surface area contributed by atoms with E-state index in [1.807, 2.05) is 36.4 Å². The fraction of sp³-hybridized carbons (Fsp3) is 0.350. The average molecular weight is 323 g/mol. The Morgan fingerprint density at radius 1 is 1.08 bits per heavy atom. The molecule has 0 aliphatic carbocycles. The van der Waals surface area contributed by atoms with Crippen molar-refractivity contribution < 1.29 is 4.79 Å². The lowest BCUT2D eigenvalue weighted by atomic mass is 10.0. The van der Waals surface area contributed by atoms with Gasteiger partial charge in [0.25, 0.3) is 0 Å². The summed E-state index contributed by atoms with van der Waals surface area (Å²) in [7, 11) is 0. The highest BCUT2D eigenvalue weighted by Gasteiger charge is 2.30. The van der Waals surface area contributed by atoms with Gasteiger partial charge < -0.3 is 5.73 Å². The summed E-state index contributed by atoms with van der Waals surface area (Å²) in [5.74, 6) is -0.323. The number of benzene rings is 2. The minimum Gasteiger partial charge on any atom is -0.368 e. The van der Waals surface area contributed by atoms with Gasteiger partial charge in [-0.1, -0.05) is 60.7 Å². The van der Waals surface area contributed by atoms with E-state index in [4.69, 9.17) is 5.73 Å². The van der Waals surface area contributed by atoms with Gasteiger partial charge in [0.15, 0.2) is 0 Å². The van der Waals surface area contributed by atoms with Crippen LogP contribution in [-0.4, -0.2) is 29.9 Å². The first-order chi connectivity index (χ1) is 11.6. The van der Waals surface area contributed by atoms with E-state index in [0.29, 0.717) is 6.04 Å². The molecule has 2 aromatic carbocycles. The number of hydrogen-bond donors (Lipinski definition) is 2. The fourth-order valence-corrected chi connectivity index (χ4v) is 3.44. The molecule has 0 spiro atoms. The summed E-state index contributed by atoms with van der Waals surface area (Å²) >= 11 is 0. The van der Waals surface area contributed by atoms with Crippen LogP contribution in [0.1, 0.15) is 36.6 Å². The van der Waals surface area contributed by atoms with Crippen molar-refractivity contribution in [1.29, 1.82) is 0 Å². The maximum absolute atomic E-state index is 11.9. The quantitative estimate of drug-likeness (QED) is 0.859. The molecule has 1 fully saturated rings. The van der Waals surface area contributed by atoms with Crippen LogP contribution >= 0.6 is 0 Å². The minimum atomic E-state index is -0.428. The molecule has 1 aliphatic rings. The van der Waals surface area contributed by atoms with E-state index in [0.717, 1.165) is 25.1 Å². The summed E-state index contributed by atoms with van der Waals surface area (Å²) in [6.07, 6.45) is 1.02. The topological polar surface area (TPSA) is 58.4 Å². The highest BCUT2D eigenvalue weighted by Crippen LogP contribution is 2.25. The molecule has 1 aliphatic heterocycles. The average Bonchev–Trinajstić information content (AvgIpc) is 3.09. The molecule has 4 nitrogen and oxygen atoms in total. The first-order valence-electron chi connectivity index (χ1n) is 8.54. The number of primary amides is 1. The third-order valence-electron chi connectivity index (χ3n) is 4.87. The molecule has 3 rings (SSSR count). The van der Waals surface area contributed by atoms with Gasteiger partial charge in [-0.2, -0.15) is 0 Å². The molecule has 1 heterocycles. The number of nitrogens with zero attached hydrogens (tertiary/aromatic N) is 1. The number of hydrogen-bond acceptors (Lipinski definition) is 3. The van der Waals surface area contributed by atoms with E-state index >= 15 is 0 Å². The number of nitrogens with two attached hydrogens (primary N) is 1. The number of likely N-dealkylation sites (tertiary alicyclic amines) is 1. The van der Waals surface area contributed by atoms with E-state index in [1.54, 1.807) is 0 Å². The molecule has 0 bridgehead atoms. The standard InChI is InChI=1S/C20H25N3O/c1-15(16-8-4-2-5-9-16)23-13-12-18(14-23)22-19(20(21)24)17-10-6-3-7-11-17/h2-11,15,18-19,22H,12-14H2,1H3,(H2,21,24)/t15-,18+,19+/m1/s1. The van der Waals surface area contributed by atoms with Crippen LogP contribution in [0.5, 0.6) is 0 Å². The van der Waals surface area contributed by atoms with E-state index in [-0.39, 0.29) is 11.9 Å². The highest BCUT2D eigenvalue weighted by atomic mass is 16.1. The molecular formula is C20H25N3O. The van der Waals surface area contributed by atoms with E-state index in [2.05, 4.69) is 41.4 Å². The first-order valence-corrected chi connectivity index (χ1v) is 8.54. The van der Waals surface area contributed by atoms with Gasteiger partial charge in [-0.15, -0.1) is 0 Å². The van der Waals surface area contributed by atoms with Gasteiger partial charge in [0.05, 0.1) is 0 Å². The van der Waals surface area contributed by atoms with Crippen LogP contribution in [0.25, 0.3) is 0 Å². The SMILES string of the molecule is C[C@H](c1ccccc1)N1CC[C@H](N[C@H](C(N)=O)c2ccccc2)C1. The molecule has 24 heavy (non-hydrogen) atoms. The van der Waals surface area contributed by atoms with Gasteiger partial charge in [0.1, 0.15) is 6.04 Å². The van der Waals surface area contributed by atoms with Crippen molar-refractivity contribution in [3.8, 4) is 0 Å². The summed E-state index contributed by atoms with van der Waals surface area (Å²) in [4.78, 5) is 14.3. The zero-order valence-corrected chi connectivity index (χ0v) is 14.1. The highest BCUT2D eigenvalue weighted by molar-refractivity contribution is 5.81. The lowest BCUT2D eigenvalue weighted by Gasteiger charge is -2.26. The van der Waals surface area contributed by atoms with Crippen LogP contribution in [0.4, 0.5) is 0 Å². The van der Waals surface area contributed by atoms with Gasteiger partial charge in [0.2, 0.25) is 5.91 Å². The molecule has 3 N–H and O–H groups in total. The molecule has 1 amide bonds. The Morgan fingerprint density at radius 2 is 1.67 bits per heavy atom. The molecular weight excluding hydrogens is 298 g/mol. The first kappa shape index (κ1) is 16.7. The molecule has 0 radical (unpaired) electrons. The number of nitrogens with one attached hydrogen (secondary N) is 1. The predicted molar refractivity (Wildman–Crippen MR) is 96.3 cm³/mol. The van der Waals surface area contributed by atoms with Gasteiger partial charge in [-0.3, -0.25) is 15.0 Å². The number of rotatable bonds is 6. The van der Waals surface area contributed by atoms with Crippen molar-refractivity contribution >= 4 is 5.91 Å². The Morgan fingerprint density at radius 3 is 2.25 bits per heavy atom. The molecule has 1 saturated heterocycles. The zero-order valence-electron chi connectivity index (χ0n) is 14.1.